The lowest BCUT2D eigenvalue weighted by Crippen LogP contribution is -2.49. The van der Waals surface area contributed by atoms with E-state index in [-0.39, 0.29) is 6.04 Å². The predicted octanol–water partition coefficient (Wildman–Crippen LogP) is 3.73. The lowest BCUT2D eigenvalue weighted by atomic mass is 10.1. The summed E-state index contributed by atoms with van der Waals surface area (Å²) < 4.78 is 11.0. The Balaban J connectivity index is 2.78. The van der Waals surface area contributed by atoms with Crippen LogP contribution in [0.3, 0.4) is 0 Å². The Kier molecular flexibility index (Phi) is 12.5. The fourth-order valence-electron chi connectivity index (χ4n) is 2.89. The van der Waals surface area contributed by atoms with Crippen LogP contribution in [0.15, 0.2) is 30.3 Å². The molecule has 0 aliphatic heterocycles. The van der Waals surface area contributed by atoms with Gasteiger partial charge in [0, 0.05) is 25.7 Å². The number of carbonyl (C=O) groups is 2. The minimum Gasteiger partial charge on any atom is -0.430 e. The molecule has 170 valence electrons. The first-order chi connectivity index (χ1) is 14.4. The third-order valence-corrected chi connectivity index (χ3v) is 4.72. The van der Waals surface area contributed by atoms with Crippen LogP contribution >= 0.6 is 0 Å². The Morgan fingerprint density at radius 1 is 0.933 bits per heavy atom. The van der Waals surface area contributed by atoms with E-state index < -0.39 is 24.6 Å². The molecule has 0 heterocycles. The number of carbonyl (C=O) groups excluding carboxylic acids is 2. The van der Waals surface area contributed by atoms with E-state index in [1.165, 1.54) is 0 Å². The van der Waals surface area contributed by atoms with Crippen molar-refractivity contribution in [2.75, 3.05) is 19.6 Å². The van der Waals surface area contributed by atoms with Crippen molar-refractivity contribution in [1.29, 1.82) is 0 Å². The van der Waals surface area contributed by atoms with Gasteiger partial charge in [-0.1, -0.05) is 57.0 Å². The van der Waals surface area contributed by atoms with Crippen LogP contribution in [0, 0.1) is 0 Å². The molecular formula is C22H38N4O4. The quantitative estimate of drug-likeness (QED) is 0.330. The molecule has 0 saturated carbocycles. The minimum absolute atomic E-state index is 0.338. The number of amides is 2. The molecule has 1 rings (SSSR count). The molecule has 30 heavy (non-hydrogen) atoms. The maximum atomic E-state index is 12.1. The van der Waals surface area contributed by atoms with E-state index in [1.54, 1.807) is 18.7 Å². The molecule has 0 saturated heterocycles. The molecule has 2 amide bonds. The summed E-state index contributed by atoms with van der Waals surface area (Å²) in [5, 5.41) is 5.46. The standard InChI is InChI=1S/C22H38N4O4/c1-5-7-14-24-21(27)29-17(3)26(16-20(23)19-12-10-9-11-13-19)18(4)30-22(28)25-15-8-6-2/h9-13,17-18,20H,5-8,14-16,23H2,1-4H3,(H,24,27)(H,25,28). The van der Waals surface area contributed by atoms with Crippen LogP contribution in [-0.4, -0.2) is 49.2 Å². The zero-order valence-electron chi connectivity index (χ0n) is 18.7. The van der Waals surface area contributed by atoms with Crippen LogP contribution in [0.25, 0.3) is 0 Å². The maximum Gasteiger partial charge on any atom is 0.408 e. The van der Waals surface area contributed by atoms with Gasteiger partial charge < -0.3 is 25.8 Å². The highest BCUT2D eigenvalue weighted by atomic mass is 16.6. The number of nitrogens with one attached hydrogen (secondary N) is 2. The second-order valence-corrected chi connectivity index (χ2v) is 7.28. The molecule has 0 spiro atoms. The Labute approximate surface area is 180 Å². The number of nitrogens with zero attached hydrogens (tertiary/aromatic N) is 1. The van der Waals surface area contributed by atoms with E-state index in [1.807, 2.05) is 44.2 Å². The first kappa shape index (κ1) is 25.7. The summed E-state index contributed by atoms with van der Waals surface area (Å²) in [5.74, 6) is 0. The Morgan fingerprint density at radius 2 is 1.40 bits per heavy atom. The molecule has 0 aliphatic rings. The van der Waals surface area contributed by atoms with Gasteiger partial charge in [-0.05, 0) is 32.3 Å². The highest BCUT2D eigenvalue weighted by Gasteiger charge is 2.28. The molecule has 1 aromatic rings. The Morgan fingerprint density at radius 3 is 1.83 bits per heavy atom. The number of hydrogen-bond donors (Lipinski definition) is 3. The van der Waals surface area contributed by atoms with Crippen molar-refractivity contribution in [3.8, 4) is 0 Å². The molecule has 1 aromatic carbocycles. The maximum absolute atomic E-state index is 12.1. The smallest absolute Gasteiger partial charge is 0.408 e. The average Bonchev–Trinajstić information content (AvgIpc) is 2.72. The molecule has 0 fully saturated rings. The van der Waals surface area contributed by atoms with Crippen LogP contribution < -0.4 is 16.4 Å². The molecule has 0 aromatic heterocycles. The van der Waals surface area contributed by atoms with Gasteiger partial charge in [-0.15, -0.1) is 0 Å². The van der Waals surface area contributed by atoms with Gasteiger partial charge in [0.25, 0.3) is 0 Å². The summed E-state index contributed by atoms with van der Waals surface area (Å²) in [7, 11) is 0. The number of ether oxygens (including phenoxy) is 2. The van der Waals surface area contributed by atoms with Crippen molar-refractivity contribution >= 4 is 12.2 Å². The summed E-state index contributed by atoms with van der Waals surface area (Å²) in [5.41, 5.74) is 7.32. The zero-order valence-corrected chi connectivity index (χ0v) is 18.7. The third kappa shape index (κ3) is 9.93. The molecule has 3 atom stereocenters. The van der Waals surface area contributed by atoms with Crippen LogP contribution in [0.1, 0.15) is 65.0 Å². The zero-order chi connectivity index (χ0) is 22.4. The van der Waals surface area contributed by atoms with E-state index in [9.17, 15) is 9.59 Å². The third-order valence-electron chi connectivity index (χ3n) is 4.72. The molecule has 0 radical (unpaired) electrons. The molecule has 4 N–H and O–H groups in total. The van der Waals surface area contributed by atoms with Gasteiger partial charge in [0.05, 0.1) is 0 Å². The van der Waals surface area contributed by atoms with E-state index in [2.05, 4.69) is 10.6 Å². The fourth-order valence-corrected chi connectivity index (χ4v) is 2.89. The number of nitrogens with two attached hydrogens (primary N) is 1. The van der Waals surface area contributed by atoms with Crippen molar-refractivity contribution in [3.63, 3.8) is 0 Å². The monoisotopic (exact) mass is 422 g/mol. The lowest BCUT2D eigenvalue weighted by Gasteiger charge is -2.35. The lowest BCUT2D eigenvalue weighted by molar-refractivity contribution is -0.0940. The predicted molar refractivity (Wildman–Crippen MR) is 118 cm³/mol. The van der Waals surface area contributed by atoms with E-state index >= 15 is 0 Å². The topological polar surface area (TPSA) is 106 Å². The molecule has 0 aliphatic carbocycles. The van der Waals surface area contributed by atoms with Gasteiger partial charge in [-0.2, -0.15) is 0 Å². The van der Waals surface area contributed by atoms with Crippen LogP contribution in [0.2, 0.25) is 0 Å². The largest absolute Gasteiger partial charge is 0.430 e. The number of rotatable bonds is 13. The average molecular weight is 423 g/mol. The van der Waals surface area contributed by atoms with Crippen molar-refractivity contribution in [2.45, 2.75) is 71.9 Å². The van der Waals surface area contributed by atoms with Gasteiger partial charge in [-0.25, -0.2) is 14.5 Å². The number of alkyl carbamates (subject to hydrolysis) is 2. The molecule has 8 heteroatoms. The first-order valence-electron chi connectivity index (χ1n) is 10.8. The summed E-state index contributed by atoms with van der Waals surface area (Å²) in [6.07, 6.45) is 1.42. The van der Waals surface area contributed by atoms with Gasteiger partial charge in [0.2, 0.25) is 0 Å². The van der Waals surface area contributed by atoms with E-state index in [4.69, 9.17) is 15.2 Å². The summed E-state index contributed by atoms with van der Waals surface area (Å²) in [6.45, 7) is 9.03. The van der Waals surface area contributed by atoms with Crippen LogP contribution in [0.4, 0.5) is 9.59 Å². The first-order valence-corrected chi connectivity index (χ1v) is 10.8. The fraction of sp³-hybridized carbons (Fsp3) is 0.636. The van der Waals surface area contributed by atoms with Crippen LogP contribution in [-0.2, 0) is 9.47 Å². The van der Waals surface area contributed by atoms with Crippen LogP contribution in [0.5, 0.6) is 0 Å². The van der Waals surface area contributed by atoms with E-state index in [0.717, 1.165) is 31.2 Å². The molecule has 0 bridgehead atoms. The number of benzene rings is 1. The minimum atomic E-state index is -0.639. The van der Waals surface area contributed by atoms with Crippen molar-refractivity contribution in [3.05, 3.63) is 35.9 Å². The van der Waals surface area contributed by atoms with Gasteiger partial charge in [-0.3, -0.25) is 0 Å². The van der Waals surface area contributed by atoms with Gasteiger partial charge >= 0.3 is 12.2 Å². The molecule has 3 unspecified atom stereocenters. The summed E-state index contributed by atoms with van der Waals surface area (Å²) >= 11 is 0. The normalized spacial score (nSPS) is 13.9. The second-order valence-electron chi connectivity index (χ2n) is 7.28. The summed E-state index contributed by atoms with van der Waals surface area (Å²) in [6, 6.07) is 9.30. The SMILES string of the molecule is CCCCNC(=O)OC(C)N(CC(N)c1ccccc1)C(C)OC(=O)NCCCC. The van der Waals surface area contributed by atoms with Crippen molar-refractivity contribution < 1.29 is 19.1 Å². The highest BCUT2D eigenvalue weighted by Crippen LogP contribution is 2.17. The number of unbranched alkanes of at least 4 members (excludes halogenated alkanes) is 2. The molecule has 8 nitrogen and oxygen atoms in total. The van der Waals surface area contributed by atoms with Crippen molar-refractivity contribution in [1.82, 2.24) is 15.5 Å². The number of hydrogen-bond acceptors (Lipinski definition) is 6. The molecular weight excluding hydrogens is 384 g/mol. The van der Waals surface area contributed by atoms with Crippen molar-refractivity contribution in [2.24, 2.45) is 5.73 Å². The summed E-state index contributed by atoms with van der Waals surface area (Å²) in [4.78, 5) is 26.0. The van der Waals surface area contributed by atoms with Gasteiger partial charge in [0.1, 0.15) is 0 Å². The Bertz CT molecular complexity index is 584. The Hall–Kier alpha value is -2.32. The second kappa shape index (κ2) is 14.6. The van der Waals surface area contributed by atoms with E-state index in [0.29, 0.717) is 19.6 Å². The highest BCUT2D eigenvalue weighted by molar-refractivity contribution is 5.67. The van der Waals surface area contributed by atoms with Gasteiger partial charge in [0.15, 0.2) is 12.5 Å².